The Hall–Kier alpha value is -3.28. The molecular formula is C18H15FN2O3. The van der Waals surface area contributed by atoms with E-state index in [1.807, 2.05) is 0 Å². The van der Waals surface area contributed by atoms with Crippen LogP contribution in [0.25, 0.3) is 11.3 Å². The zero-order valence-electron chi connectivity index (χ0n) is 12.9. The average Bonchev–Trinajstić information content (AvgIpc) is 3.06. The van der Waals surface area contributed by atoms with E-state index in [9.17, 15) is 9.18 Å². The lowest BCUT2D eigenvalue weighted by atomic mass is 10.2. The number of ether oxygens (including phenoxy) is 1. The predicted octanol–water partition coefficient (Wildman–Crippen LogP) is 3.93. The number of carbonyl (C=O) groups excluding carboxylic acids is 1. The summed E-state index contributed by atoms with van der Waals surface area (Å²) in [6, 6.07) is 14.0. The molecule has 0 aliphatic heterocycles. The zero-order valence-corrected chi connectivity index (χ0v) is 12.9. The Labute approximate surface area is 137 Å². The Morgan fingerprint density at radius 2 is 1.88 bits per heavy atom. The molecule has 6 heteroatoms. The van der Waals surface area contributed by atoms with Gasteiger partial charge in [0.05, 0.1) is 12.8 Å². The third kappa shape index (κ3) is 3.22. The van der Waals surface area contributed by atoms with Gasteiger partial charge >= 0.3 is 0 Å². The highest BCUT2D eigenvalue weighted by molar-refractivity contribution is 6.02. The molecule has 0 saturated carbocycles. The second-order valence-corrected chi connectivity index (χ2v) is 5.08. The number of nitrogens with two attached hydrogens (primary N) is 1. The third-order valence-electron chi connectivity index (χ3n) is 3.45. The lowest BCUT2D eigenvalue weighted by Crippen LogP contribution is -2.11. The predicted molar refractivity (Wildman–Crippen MR) is 89.5 cm³/mol. The molecule has 122 valence electrons. The number of hydrogen-bond donors (Lipinski definition) is 2. The number of carbonyl (C=O) groups is 1. The van der Waals surface area contributed by atoms with Gasteiger partial charge in [0.15, 0.2) is 5.76 Å². The molecule has 1 amide bonds. The topological polar surface area (TPSA) is 77.5 Å². The fourth-order valence-electron chi connectivity index (χ4n) is 2.23. The second kappa shape index (κ2) is 6.45. The number of furan rings is 1. The van der Waals surface area contributed by atoms with Gasteiger partial charge in [-0.3, -0.25) is 4.79 Å². The van der Waals surface area contributed by atoms with Crippen LogP contribution in [0.1, 0.15) is 10.6 Å². The molecule has 0 spiro atoms. The summed E-state index contributed by atoms with van der Waals surface area (Å²) in [5, 5.41) is 2.70. The van der Waals surface area contributed by atoms with Crippen LogP contribution in [0, 0.1) is 5.82 Å². The van der Waals surface area contributed by atoms with Crippen LogP contribution in [0.4, 0.5) is 15.8 Å². The van der Waals surface area contributed by atoms with Crippen LogP contribution in [0.5, 0.6) is 5.75 Å². The van der Waals surface area contributed by atoms with E-state index in [4.69, 9.17) is 14.9 Å². The maximum atomic E-state index is 13.0. The van der Waals surface area contributed by atoms with Gasteiger partial charge in [-0.15, -0.1) is 0 Å². The number of anilines is 2. The van der Waals surface area contributed by atoms with Crippen molar-refractivity contribution in [2.24, 2.45) is 0 Å². The van der Waals surface area contributed by atoms with Crippen molar-refractivity contribution in [1.82, 2.24) is 0 Å². The maximum absolute atomic E-state index is 13.0. The Morgan fingerprint density at radius 1 is 1.12 bits per heavy atom. The summed E-state index contributed by atoms with van der Waals surface area (Å²) in [4.78, 5) is 12.2. The van der Waals surface area contributed by atoms with Gasteiger partial charge in [-0.1, -0.05) is 0 Å². The van der Waals surface area contributed by atoms with E-state index in [1.54, 1.807) is 42.5 Å². The smallest absolute Gasteiger partial charge is 0.291 e. The fraction of sp³-hybridized carbons (Fsp3) is 0.0556. The number of methoxy groups -OCH3 is 1. The summed E-state index contributed by atoms with van der Waals surface area (Å²) < 4.78 is 23.5. The number of halogens is 1. The summed E-state index contributed by atoms with van der Waals surface area (Å²) in [6.45, 7) is 0. The standard InChI is InChI=1S/C18H15FN2O3/c1-23-16-7-6-13(10-14(16)20)21-18(22)17-9-8-15(24-17)11-2-4-12(19)5-3-11/h2-10H,20H2,1H3,(H,21,22). The molecule has 1 heterocycles. The SMILES string of the molecule is COc1ccc(NC(=O)c2ccc(-c3ccc(F)cc3)o2)cc1N. The molecule has 0 bridgehead atoms. The zero-order chi connectivity index (χ0) is 17.1. The normalized spacial score (nSPS) is 10.4. The highest BCUT2D eigenvalue weighted by Gasteiger charge is 2.13. The third-order valence-corrected chi connectivity index (χ3v) is 3.45. The van der Waals surface area contributed by atoms with Crippen molar-refractivity contribution in [3.63, 3.8) is 0 Å². The molecule has 0 unspecified atom stereocenters. The van der Waals surface area contributed by atoms with Gasteiger partial charge in [-0.2, -0.15) is 0 Å². The Bertz CT molecular complexity index is 872. The van der Waals surface area contributed by atoms with Crippen LogP contribution in [0.3, 0.4) is 0 Å². The van der Waals surface area contributed by atoms with E-state index in [-0.39, 0.29) is 11.6 Å². The largest absolute Gasteiger partial charge is 0.495 e. The first-order valence-corrected chi connectivity index (χ1v) is 7.17. The van der Waals surface area contributed by atoms with Crippen molar-refractivity contribution < 1.29 is 18.3 Å². The van der Waals surface area contributed by atoms with Crippen molar-refractivity contribution in [3.05, 3.63) is 66.2 Å². The van der Waals surface area contributed by atoms with Gasteiger partial charge in [-0.25, -0.2) is 4.39 Å². The van der Waals surface area contributed by atoms with E-state index in [2.05, 4.69) is 5.32 Å². The first-order chi connectivity index (χ1) is 11.6. The molecule has 24 heavy (non-hydrogen) atoms. The van der Waals surface area contributed by atoms with E-state index in [0.717, 1.165) is 0 Å². The van der Waals surface area contributed by atoms with E-state index in [1.165, 1.54) is 19.2 Å². The van der Waals surface area contributed by atoms with Crippen LogP contribution in [-0.4, -0.2) is 13.0 Å². The number of nitrogens with one attached hydrogen (secondary N) is 1. The Kier molecular flexibility index (Phi) is 4.20. The van der Waals surface area contributed by atoms with Crippen LogP contribution in [0.2, 0.25) is 0 Å². The van der Waals surface area contributed by atoms with E-state index >= 15 is 0 Å². The quantitative estimate of drug-likeness (QED) is 0.712. The number of hydrogen-bond acceptors (Lipinski definition) is 4. The molecule has 0 fully saturated rings. The van der Waals surface area contributed by atoms with E-state index < -0.39 is 5.91 Å². The summed E-state index contributed by atoms with van der Waals surface area (Å²) in [5.74, 6) is 0.413. The van der Waals surface area contributed by atoms with E-state index in [0.29, 0.717) is 28.4 Å². The molecule has 0 saturated heterocycles. The average molecular weight is 326 g/mol. The van der Waals surface area contributed by atoms with Gasteiger partial charge in [0.25, 0.3) is 5.91 Å². The minimum absolute atomic E-state index is 0.142. The second-order valence-electron chi connectivity index (χ2n) is 5.08. The fourth-order valence-corrected chi connectivity index (χ4v) is 2.23. The number of amides is 1. The molecule has 3 rings (SSSR count). The van der Waals surface area contributed by atoms with Gasteiger partial charge in [0.1, 0.15) is 17.3 Å². The highest BCUT2D eigenvalue weighted by atomic mass is 19.1. The molecule has 0 radical (unpaired) electrons. The Balaban J connectivity index is 1.76. The monoisotopic (exact) mass is 326 g/mol. The van der Waals surface area contributed by atoms with Gasteiger partial charge in [0.2, 0.25) is 0 Å². The molecule has 3 N–H and O–H groups in total. The van der Waals surface area contributed by atoms with Gasteiger partial charge in [0, 0.05) is 11.3 Å². The lowest BCUT2D eigenvalue weighted by molar-refractivity contribution is 0.0997. The van der Waals surface area contributed by atoms with Gasteiger partial charge < -0.3 is 20.2 Å². The number of nitrogen functional groups attached to an aromatic ring is 1. The van der Waals surface area contributed by atoms with Crippen molar-refractivity contribution >= 4 is 17.3 Å². The summed E-state index contributed by atoms with van der Waals surface area (Å²) in [6.07, 6.45) is 0. The first kappa shape index (κ1) is 15.6. The van der Waals surface area contributed by atoms with Crippen LogP contribution < -0.4 is 15.8 Å². The van der Waals surface area contributed by atoms with Crippen molar-refractivity contribution in [2.45, 2.75) is 0 Å². The number of benzene rings is 2. The molecular weight excluding hydrogens is 311 g/mol. The molecule has 3 aromatic rings. The van der Waals surface area contributed by atoms with Crippen LogP contribution in [-0.2, 0) is 0 Å². The molecule has 1 aromatic heterocycles. The lowest BCUT2D eigenvalue weighted by Gasteiger charge is -2.07. The van der Waals surface area contributed by atoms with Crippen LogP contribution in [0.15, 0.2) is 59.0 Å². The highest BCUT2D eigenvalue weighted by Crippen LogP contribution is 2.26. The first-order valence-electron chi connectivity index (χ1n) is 7.17. The molecule has 0 atom stereocenters. The molecule has 0 aliphatic rings. The summed E-state index contributed by atoms with van der Waals surface area (Å²) >= 11 is 0. The minimum atomic E-state index is -0.409. The Morgan fingerprint density at radius 3 is 2.54 bits per heavy atom. The molecule has 2 aromatic carbocycles. The molecule has 5 nitrogen and oxygen atoms in total. The summed E-state index contributed by atoms with van der Waals surface area (Å²) in [5.41, 5.74) is 7.44. The molecule has 0 aliphatic carbocycles. The van der Waals surface area contributed by atoms with Crippen molar-refractivity contribution in [2.75, 3.05) is 18.2 Å². The van der Waals surface area contributed by atoms with Crippen molar-refractivity contribution in [3.8, 4) is 17.1 Å². The maximum Gasteiger partial charge on any atom is 0.291 e. The minimum Gasteiger partial charge on any atom is -0.495 e. The number of rotatable bonds is 4. The summed E-state index contributed by atoms with van der Waals surface area (Å²) in [7, 11) is 1.52. The van der Waals surface area contributed by atoms with Gasteiger partial charge in [-0.05, 0) is 54.6 Å². The van der Waals surface area contributed by atoms with Crippen LogP contribution >= 0.6 is 0 Å². The van der Waals surface area contributed by atoms with Crippen molar-refractivity contribution in [1.29, 1.82) is 0 Å².